The number of hydrogen-bond donors (Lipinski definition) is 1. The smallest absolute Gasteiger partial charge is 0.240 e. The van der Waals surface area contributed by atoms with Crippen molar-refractivity contribution < 1.29 is 14.3 Å². The minimum Gasteiger partial charge on any atom is -0.454 e. The Kier molecular flexibility index (Phi) is 5.64. The van der Waals surface area contributed by atoms with Crippen LogP contribution in [0.15, 0.2) is 60.7 Å². The number of nitrogens with one attached hydrogen (secondary N) is 1. The number of fused-ring (bicyclic) bond motifs is 2. The fourth-order valence-electron chi connectivity index (χ4n) is 3.75. The van der Waals surface area contributed by atoms with Gasteiger partial charge in [-0.15, -0.1) is 0 Å². The first-order chi connectivity index (χ1) is 15.6. The summed E-state index contributed by atoms with van der Waals surface area (Å²) >= 11 is 12.7. The summed E-state index contributed by atoms with van der Waals surface area (Å²) in [5.41, 5.74) is 3.41. The molecular weight excluding hydrogens is 449 g/mol. The molecule has 1 aromatic heterocycles. The Morgan fingerprint density at radius 1 is 1.00 bits per heavy atom. The van der Waals surface area contributed by atoms with E-state index in [1.54, 1.807) is 18.2 Å². The molecule has 0 saturated heterocycles. The zero-order valence-electron chi connectivity index (χ0n) is 17.0. The second-order valence-electron chi connectivity index (χ2n) is 7.44. The van der Waals surface area contributed by atoms with Crippen molar-refractivity contribution in [2.24, 2.45) is 0 Å². The van der Waals surface area contributed by atoms with Crippen molar-refractivity contribution in [2.45, 2.75) is 19.5 Å². The average molecular weight is 468 g/mol. The van der Waals surface area contributed by atoms with Gasteiger partial charge in [-0.1, -0.05) is 47.5 Å². The molecule has 0 bridgehead atoms. The van der Waals surface area contributed by atoms with Crippen molar-refractivity contribution in [1.29, 1.82) is 0 Å². The highest BCUT2D eigenvalue weighted by atomic mass is 35.5. The molecule has 0 aliphatic carbocycles. The molecule has 1 N–H and O–H groups in total. The number of ether oxygens (including phenoxy) is 2. The van der Waals surface area contributed by atoms with E-state index in [0.717, 1.165) is 28.0 Å². The third-order valence-corrected chi connectivity index (χ3v) is 6.07. The van der Waals surface area contributed by atoms with Crippen LogP contribution >= 0.6 is 23.2 Å². The van der Waals surface area contributed by atoms with E-state index in [0.29, 0.717) is 34.5 Å². The lowest BCUT2D eigenvalue weighted by atomic mass is 10.1. The molecule has 3 aromatic carbocycles. The molecule has 0 radical (unpaired) electrons. The zero-order chi connectivity index (χ0) is 22.1. The molecule has 0 atom stereocenters. The van der Waals surface area contributed by atoms with Gasteiger partial charge < -0.3 is 19.4 Å². The fraction of sp³-hybridized carbons (Fsp3) is 0.167. The predicted molar refractivity (Wildman–Crippen MR) is 123 cm³/mol. The second-order valence-corrected chi connectivity index (χ2v) is 8.26. The normalized spacial score (nSPS) is 12.3. The third kappa shape index (κ3) is 4.11. The van der Waals surface area contributed by atoms with Crippen LogP contribution < -0.4 is 14.8 Å². The summed E-state index contributed by atoms with van der Waals surface area (Å²) < 4.78 is 12.6. The highest BCUT2D eigenvalue weighted by Gasteiger charge is 2.17. The summed E-state index contributed by atoms with van der Waals surface area (Å²) in [5.74, 6) is 2.00. The molecule has 1 aliphatic rings. The number of imidazole rings is 1. The van der Waals surface area contributed by atoms with Crippen molar-refractivity contribution in [2.75, 3.05) is 6.79 Å². The number of nitrogens with zero attached hydrogens (tertiary/aromatic N) is 2. The van der Waals surface area contributed by atoms with Crippen LogP contribution in [0.3, 0.4) is 0 Å². The highest BCUT2D eigenvalue weighted by Crippen LogP contribution is 2.32. The van der Waals surface area contributed by atoms with Gasteiger partial charge in [0.2, 0.25) is 12.7 Å². The number of hydrogen-bond acceptors (Lipinski definition) is 4. The number of aromatic nitrogens is 2. The first-order valence-corrected chi connectivity index (χ1v) is 10.9. The van der Waals surface area contributed by atoms with E-state index >= 15 is 0 Å². The Balaban J connectivity index is 1.37. The van der Waals surface area contributed by atoms with Crippen molar-refractivity contribution in [3.05, 3.63) is 87.7 Å². The van der Waals surface area contributed by atoms with Gasteiger partial charge in [0.1, 0.15) is 12.4 Å². The van der Waals surface area contributed by atoms with Crippen LogP contribution in [0, 0.1) is 0 Å². The van der Waals surface area contributed by atoms with Gasteiger partial charge in [0.25, 0.3) is 0 Å². The number of carbonyl (C=O) groups is 1. The Labute approximate surface area is 194 Å². The number of amides is 1. The van der Waals surface area contributed by atoms with Crippen molar-refractivity contribution in [3.8, 4) is 11.5 Å². The molecule has 0 unspecified atom stereocenters. The third-order valence-electron chi connectivity index (χ3n) is 5.36. The van der Waals surface area contributed by atoms with Crippen LogP contribution in [-0.4, -0.2) is 22.3 Å². The summed E-state index contributed by atoms with van der Waals surface area (Å²) in [5, 5.41) is 4.12. The van der Waals surface area contributed by atoms with E-state index < -0.39 is 0 Å². The largest absolute Gasteiger partial charge is 0.454 e. The predicted octanol–water partition coefficient (Wildman–Crippen LogP) is 4.98. The summed E-state index contributed by atoms with van der Waals surface area (Å²) in [4.78, 5) is 17.6. The Bertz CT molecular complexity index is 1300. The van der Waals surface area contributed by atoms with Gasteiger partial charge in [0, 0.05) is 23.0 Å². The van der Waals surface area contributed by atoms with Gasteiger partial charge in [0.05, 0.1) is 11.0 Å². The molecule has 2 heterocycles. The van der Waals surface area contributed by atoms with E-state index in [1.807, 2.05) is 47.0 Å². The molecule has 8 heteroatoms. The summed E-state index contributed by atoms with van der Waals surface area (Å²) in [7, 11) is 0. The lowest BCUT2D eigenvalue weighted by Gasteiger charge is -2.12. The molecule has 6 nitrogen and oxygen atoms in total. The van der Waals surface area contributed by atoms with E-state index in [1.165, 1.54) is 0 Å². The molecule has 0 saturated carbocycles. The lowest BCUT2D eigenvalue weighted by Crippen LogP contribution is -2.27. The van der Waals surface area contributed by atoms with Gasteiger partial charge in [-0.2, -0.15) is 0 Å². The molecule has 5 rings (SSSR count). The molecule has 0 spiro atoms. The Morgan fingerprint density at radius 2 is 1.78 bits per heavy atom. The maximum Gasteiger partial charge on any atom is 0.240 e. The highest BCUT2D eigenvalue weighted by molar-refractivity contribution is 6.36. The number of halogens is 2. The van der Waals surface area contributed by atoms with Crippen LogP contribution in [-0.2, 0) is 24.3 Å². The van der Waals surface area contributed by atoms with Crippen molar-refractivity contribution >= 4 is 40.1 Å². The molecule has 0 fully saturated rings. The van der Waals surface area contributed by atoms with Gasteiger partial charge in [-0.05, 0) is 47.5 Å². The van der Waals surface area contributed by atoms with Crippen molar-refractivity contribution in [3.63, 3.8) is 0 Å². The maximum absolute atomic E-state index is 12.8. The SMILES string of the molecule is O=C(Cn1c(Cc2c(Cl)cccc2Cl)nc2ccccc21)NCc1ccc2c(c1)OCO2. The Hall–Kier alpha value is -3.22. The average Bonchev–Trinajstić information content (AvgIpc) is 3.39. The first-order valence-electron chi connectivity index (χ1n) is 10.1. The molecule has 4 aromatic rings. The minimum absolute atomic E-state index is 0.127. The van der Waals surface area contributed by atoms with Gasteiger partial charge in [-0.3, -0.25) is 4.79 Å². The van der Waals surface area contributed by atoms with Gasteiger partial charge in [0.15, 0.2) is 11.5 Å². The summed E-state index contributed by atoms with van der Waals surface area (Å²) in [6.07, 6.45) is 0.419. The quantitative estimate of drug-likeness (QED) is 0.434. The number of rotatable bonds is 6. The van der Waals surface area contributed by atoms with Crippen LogP contribution in [0.1, 0.15) is 17.0 Å². The number of para-hydroxylation sites is 2. The van der Waals surface area contributed by atoms with E-state index in [2.05, 4.69) is 5.32 Å². The molecule has 32 heavy (non-hydrogen) atoms. The van der Waals surface area contributed by atoms with Crippen LogP contribution in [0.4, 0.5) is 0 Å². The van der Waals surface area contributed by atoms with Crippen LogP contribution in [0.25, 0.3) is 11.0 Å². The Morgan fingerprint density at radius 3 is 2.62 bits per heavy atom. The standard InChI is InChI=1S/C24H19Cl2N3O3/c25-17-4-3-5-18(26)16(17)11-23-28-19-6-1-2-7-20(19)29(23)13-24(30)27-12-15-8-9-21-22(10-15)32-14-31-21/h1-10H,11-14H2,(H,27,30). The minimum atomic E-state index is -0.127. The monoisotopic (exact) mass is 467 g/mol. The zero-order valence-corrected chi connectivity index (χ0v) is 18.5. The second kappa shape index (κ2) is 8.73. The first kappa shape index (κ1) is 20.7. The van der Waals surface area contributed by atoms with E-state index in [4.69, 9.17) is 37.7 Å². The van der Waals surface area contributed by atoms with Gasteiger partial charge >= 0.3 is 0 Å². The lowest BCUT2D eigenvalue weighted by molar-refractivity contribution is -0.121. The van der Waals surface area contributed by atoms with E-state index in [-0.39, 0.29) is 19.2 Å². The molecule has 162 valence electrons. The fourth-order valence-corrected chi connectivity index (χ4v) is 4.28. The molecule has 1 amide bonds. The summed E-state index contributed by atoms with van der Waals surface area (Å²) in [6.45, 7) is 0.729. The van der Waals surface area contributed by atoms with Crippen LogP contribution in [0.2, 0.25) is 10.0 Å². The number of benzene rings is 3. The van der Waals surface area contributed by atoms with Crippen molar-refractivity contribution in [1.82, 2.24) is 14.9 Å². The van der Waals surface area contributed by atoms with E-state index in [9.17, 15) is 4.79 Å². The van der Waals surface area contributed by atoms with Crippen LogP contribution in [0.5, 0.6) is 11.5 Å². The van der Waals surface area contributed by atoms with Gasteiger partial charge in [-0.25, -0.2) is 4.98 Å². The number of carbonyl (C=O) groups excluding carboxylic acids is 1. The summed E-state index contributed by atoms with van der Waals surface area (Å²) in [6, 6.07) is 18.8. The molecular formula is C24H19Cl2N3O3. The topological polar surface area (TPSA) is 65.4 Å². The maximum atomic E-state index is 12.8. The molecule has 1 aliphatic heterocycles.